The summed E-state index contributed by atoms with van der Waals surface area (Å²) in [5, 5.41) is 3.29. The molecule has 2 aromatic heterocycles. The number of carbonyl (C=O) groups excluding carboxylic acids is 2. The van der Waals surface area contributed by atoms with Crippen molar-refractivity contribution in [1.82, 2.24) is 20.2 Å². The second-order valence-corrected chi connectivity index (χ2v) is 9.27. The lowest BCUT2D eigenvalue weighted by atomic mass is 10.1. The molecule has 1 amide bonds. The SMILES string of the molecule is CCOC(=O)C(=O)N(Cc1ccc(F)cc1)Cc1ncccc1C.Cc1cccnc1CNCc1ccc(F)cc1. The van der Waals surface area contributed by atoms with Gasteiger partial charge in [-0.05, 0) is 79.4 Å². The summed E-state index contributed by atoms with van der Waals surface area (Å²) in [6.07, 6.45) is 3.43. The van der Waals surface area contributed by atoms with Crippen molar-refractivity contribution in [3.05, 3.63) is 130 Å². The minimum Gasteiger partial charge on any atom is -0.459 e. The fourth-order valence-electron chi connectivity index (χ4n) is 3.83. The summed E-state index contributed by atoms with van der Waals surface area (Å²) in [7, 11) is 0. The second kappa shape index (κ2) is 15.9. The second-order valence-electron chi connectivity index (χ2n) is 9.27. The molecule has 0 saturated carbocycles. The number of hydrogen-bond acceptors (Lipinski definition) is 6. The fraction of sp³-hybridized carbons (Fsp3) is 0.250. The van der Waals surface area contributed by atoms with Crippen molar-refractivity contribution in [2.24, 2.45) is 0 Å². The van der Waals surface area contributed by atoms with E-state index in [1.54, 1.807) is 49.6 Å². The van der Waals surface area contributed by atoms with E-state index in [0.29, 0.717) is 11.3 Å². The summed E-state index contributed by atoms with van der Waals surface area (Å²) < 4.78 is 30.5. The number of pyridine rings is 2. The minimum atomic E-state index is -0.909. The number of nitrogens with one attached hydrogen (secondary N) is 1. The normalized spacial score (nSPS) is 10.4. The van der Waals surface area contributed by atoms with Crippen molar-refractivity contribution in [2.75, 3.05) is 6.61 Å². The van der Waals surface area contributed by atoms with Crippen molar-refractivity contribution in [3.8, 4) is 0 Å². The van der Waals surface area contributed by atoms with Crippen molar-refractivity contribution >= 4 is 11.9 Å². The fourth-order valence-corrected chi connectivity index (χ4v) is 3.83. The molecule has 7 nitrogen and oxygen atoms in total. The Morgan fingerprint density at radius 2 is 1.29 bits per heavy atom. The van der Waals surface area contributed by atoms with Crippen LogP contribution in [0.25, 0.3) is 0 Å². The van der Waals surface area contributed by atoms with Gasteiger partial charge in [-0.25, -0.2) is 13.6 Å². The average molecular weight is 561 g/mol. The van der Waals surface area contributed by atoms with Crippen molar-refractivity contribution in [1.29, 1.82) is 0 Å². The third kappa shape index (κ3) is 10.2. The Hall–Kier alpha value is -4.50. The number of rotatable bonds is 9. The Morgan fingerprint density at radius 1 is 0.756 bits per heavy atom. The van der Waals surface area contributed by atoms with Crippen LogP contribution in [0.15, 0.2) is 85.2 Å². The highest BCUT2D eigenvalue weighted by molar-refractivity contribution is 6.32. The zero-order valence-electron chi connectivity index (χ0n) is 23.4. The molecule has 0 aliphatic carbocycles. The van der Waals surface area contributed by atoms with Crippen molar-refractivity contribution in [3.63, 3.8) is 0 Å². The van der Waals surface area contributed by atoms with Crippen LogP contribution in [0, 0.1) is 25.5 Å². The van der Waals surface area contributed by atoms with Gasteiger partial charge in [0.05, 0.1) is 24.5 Å². The van der Waals surface area contributed by atoms with Gasteiger partial charge in [0.15, 0.2) is 0 Å². The zero-order valence-corrected chi connectivity index (χ0v) is 23.4. The number of aryl methyl sites for hydroxylation is 2. The van der Waals surface area contributed by atoms with Gasteiger partial charge in [-0.15, -0.1) is 0 Å². The molecule has 2 heterocycles. The molecule has 1 N–H and O–H groups in total. The number of esters is 1. The van der Waals surface area contributed by atoms with Gasteiger partial charge in [0, 0.05) is 32.0 Å². The van der Waals surface area contributed by atoms with Gasteiger partial charge >= 0.3 is 11.9 Å². The number of amides is 1. The van der Waals surface area contributed by atoms with Crippen LogP contribution in [0.3, 0.4) is 0 Å². The molecule has 0 saturated heterocycles. The number of ether oxygens (including phenoxy) is 1. The predicted octanol–water partition coefficient (Wildman–Crippen LogP) is 5.44. The molecule has 0 fully saturated rings. The number of benzene rings is 2. The van der Waals surface area contributed by atoms with Gasteiger partial charge in [0.25, 0.3) is 0 Å². The highest BCUT2D eigenvalue weighted by atomic mass is 19.1. The lowest BCUT2D eigenvalue weighted by molar-refractivity contribution is -0.160. The van der Waals surface area contributed by atoms with Crippen LogP contribution in [0.2, 0.25) is 0 Å². The number of nitrogens with zero attached hydrogens (tertiary/aromatic N) is 3. The van der Waals surface area contributed by atoms with Crippen LogP contribution in [-0.4, -0.2) is 33.4 Å². The smallest absolute Gasteiger partial charge is 0.397 e. The Labute approximate surface area is 239 Å². The molecule has 2 aromatic carbocycles. The molecule has 9 heteroatoms. The van der Waals surface area contributed by atoms with E-state index in [0.717, 1.165) is 29.9 Å². The molecule has 4 aromatic rings. The molecule has 0 aliphatic heterocycles. The third-order valence-corrected chi connectivity index (χ3v) is 6.14. The first-order valence-corrected chi connectivity index (χ1v) is 13.2. The standard InChI is InChI=1S/C18H19FN2O3.C14H15FN2/c1-3-24-18(23)17(22)21(11-14-6-8-15(19)9-7-14)12-16-13(2)5-4-10-20-16;1-11-3-2-8-17-14(11)10-16-9-12-4-6-13(15)7-5-12/h4-10H,3,11-12H2,1-2H3;2-8,16H,9-10H2,1H3. The van der Waals surface area contributed by atoms with Crippen molar-refractivity contribution < 1.29 is 23.1 Å². The van der Waals surface area contributed by atoms with Gasteiger partial charge in [0.2, 0.25) is 0 Å². The summed E-state index contributed by atoms with van der Waals surface area (Å²) in [6.45, 7) is 7.46. The number of hydrogen-bond donors (Lipinski definition) is 1. The summed E-state index contributed by atoms with van der Waals surface area (Å²) in [6, 6.07) is 20.0. The Bertz CT molecular complexity index is 1410. The van der Waals surface area contributed by atoms with Gasteiger partial charge in [-0.2, -0.15) is 0 Å². The first-order chi connectivity index (χ1) is 19.8. The minimum absolute atomic E-state index is 0.123. The van der Waals surface area contributed by atoms with Crippen LogP contribution in [0.1, 0.15) is 40.6 Å². The van der Waals surface area contributed by atoms with Gasteiger partial charge in [-0.1, -0.05) is 36.4 Å². The van der Waals surface area contributed by atoms with E-state index in [1.165, 1.54) is 34.7 Å². The molecule has 4 rings (SSSR count). The molecule has 0 bridgehead atoms. The van der Waals surface area contributed by atoms with Crippen LogP contribution in [-0.2, 0) is 40.5 Å². The Kier molecular flexibility index (Phi) is 12.1. The molecular formula is C32H34F2N4O3. The molecule has 41 heavy (non-hydrogen) atoms. The van der Waals surface area contributed by atoms with Crippen LogP contribution in [0.5, 0.6) is 0 Å². The Balaban J connectivity index is 0.000000239. The van der Waals surface area contributed by atoms with Gasteiger partial charge in [-0.3, -0.25) is 14.8 Å². The highest BCUT2D eigenvalue weighted by Gasteiger charge is 2.24. The van der Waals surface area contributed by atoms with Crippen LogP contribution in [0.4, 0.5) is 8.78 Å². The number of halogens is 2. The van der Waals surface area contributed by atoms with E-state index >= 15 is 0 Å². The highest BCUT2D eigenvalue weighted by Crippen LogP contribution is 2.13. The van der Waals surface area contributed by atoms with E-state index in [2.05, 4.69) is 15.3 Å². The quantitative estimate of drug-likeness (QED) is 0.217. The first-order valence-electron chi connectivity index (χ1n) is 13.2. The van der Waals surface area contributed by atoms with Gasteiger partial charge in [0.1, 0.15) is 11.6 Å². The zero-order chi connectivity index (χ0) is 29.6. The first kappa shape index (κ1) is 31.0. The van der Waals surface area contributed by atoms with E-state index in [4.69, 9.17) is 4.74 Å². The largest absolute Gasteiger partial charge is 0.459 e. The summed E-state index contributed by atoms with van der Waals surface area (Å²) >= 11 is 0. The molecule has 0 unspecified atom stereocenters. The average Bonchev–Trinajstić information content (AvgIpc) is 2.97. The maximum absolute atomic E-state index is 13.0. The summed E-state index contributed by atoms with van der Waals surface area (Å²) in [5.74, 6) is -2.21. The molecule has 0 atom stereocenters. The van der Waals surface area contributed by atoms with E-state index in [9.17, 15) is 18.4 Å². The number of aromatic nitrogens is 2. The molecule has 0 radical (unpaired) electrons. The van der Waals surface area contributed by atoms with Crippen LogP contribution < -0.4 is 5.32 Å². The maximum Gasteiger partial charge on any atom is 0.397 e. The molecule has 214 valence electrons. The maximum atomic E-state index is 13.0. The van der Waals surface area contributed by atoms with Crippen LogP contribution >= 0.6 is 0 Å². The lowest BCUT2D eigenvalue weighted by Crippen LogP contribution is -2.37. The molecule has 0 aliphatic rings. The summed E-state index contributed by atoms with van der Waals surface area (Å²) in [5.41, 5.74) is 5.62. The third-order valence-electron chi connectivity index (χ3n) is 6.14. The molecule has 0 spiro atoms. The topological polar surface area (TPSA) is 84.4 Å². The predicted molar refractivity (Wildman–Crippen MR) is 152 cm³/mol. The van der Waals surface area contributed by atoms with E-state index < -0.39 is 11.9 Å². The van der Waals surface area contributed by atoms with E-state index in [-0.39, 0.29) is 31.3 Å². The van der Waals surface area contributed by atoms with Gasteiger partial charge < -0.3 is 15.0 Å². The molecular weight excluding hydrogens is 526 g/mol. The summed E-state index contributed by atoms with van der Waals surface area (Å²) in [4.78, 5) is 34.1. The lowest BCUT2D eigenvalue weighted by Gasteiger charge is -2.22. The van der Waals surface area contributed by atoms with Crippen molar-refractivity contribution in [2.45, 2.75) is 47.0 Å². The van der Waals surface area contributed by atoms with E-state index in [1.807, 2.05) is 32.0 Å². The number of carbonyl (C=O) groups is 2. The Morgan fingerprint density at radius 3 is 1.83 bits per heavy atom. The monoisotopic (exact) mass is 560 g/mol.